The predicted octanol–water partition coefficient (Wildman–Crippen LogP) is 4.91. The molecule has 0 aliphatic carbocycles. The van der Waals surface area contributed by atoms with Crippen LogP contribution in [0.5, 0.6) is 0 Å². The monoisotopic (exact) mass is 337 g/mol. The van der Waals surface area contributed by atoms with Crippen molar-refractivity contribution in [2.75, 3.05) is 0 Å². The molecule has 0 radical (unpaired) electrons. The van der Waals surface area contributed by atoms with Gasteiger partial charge in [-0.3, -0.25) is 0 Å². The molecule has 0 bridgehead atoms. The average Bonchev–Trinajstić information content (AvgIpc) is 2.42. The first-order valence-corrected chi connectivity index (χ1v) is 7.56. The summed E-state index contributed by atoms with van der Waals surface area (Å²) in [5.41, 5.74) is 9.83. The second kappa shape index (κ2) is 6.56. The smallest absolute Gasteiger partial charge is 0.0595 e. The zero-order valence-corrected chi connectivity index (χ0v) is 13.2. The molecule has 2 rings (SSSR count). The molecule has 0 aliphatic rings. The van der Waals surface area contributed by atoms with Gasteiger partial charge in [0, 0.05) is 10.5 Å². The number of benzene rings is 2. The molecule has 2 aromatic carbocycles. The summed E-state index contributed by atoms with van der Waals surface area (Å²) in [4.78, 5) is 0. The highest BCUT2D eigenvalue weighted by atomic mass is 79.9. The number of hydrogen-bond acceptors (Lipinski definition) is 1. The number of hydrogen-bond donors (Lipinski definition) is 1. The van der Waals surface area contributed by atoms with Crippen LogP contribution in [0.15, 0.2) is 46.9 Å². The van der Waals surface area contributed by atoms with Crippen molar-refractivity contribution >= 4 is 27.5 Å². The highest BCUT2D eigenvalue weighted by Gasteiger charge is 2.12. The maximum absolute atomic E-state index is 6.28. The van der Waals surface area contributed by atoms with Gasteiger partial charge in [0.15, 0.2) is 0 Å². The molecular weight excluding hydrogens is 322 g/mol. The average molecular weight is 339 g/mol. The second-order valence-electron chi connectivity index (χ2n) is 4.62. The maximum Gasteiger partial charge on any atom is 0.0595 e. The van der Waals surface area contributed by atoms with Crippen LogP contribution in [0.3, 0.4) is 0 Å². The molecule has 2 N–H and O–H groups in total. The van der Waals surface area contributed by atoms with Gasteiger partial charge in [-0.2, -0.15) is 0 Å². The minimum absolute atomic E-state index is 0.0857. The van der Waals surface area contributed by atoms with Gasteiger partial charge in [0.25, 0.3) is 0 Å². The van der Waals surface area contributed by atoms with Crippen molar-refractivity contribution in [1.82, 2.24) is 0 Å². The minimum atomic E-state index is -0.0857. The van der Waals surface area contributed by atoms with E-state index < -0.39 is 0 Å². The summed E-state index contributed by atoms with van der Waals surface area (Å²) in [6, 6.07) is 14.4. The van der Waals surface area contributed by atoms with Gasteiger partial charge in [-0.1, -0.05) is 54.9 Å². The van der Waals surface area contributed by atoms with Crippen LogP contribution < -0.4 is 5.73 Å². The summed E-state index contributed by atoms with van der Waals surface area (Å²) >= 11 is 9.71. The summed E-state index contributed by atoms with van der Waals surface area (Å²) in [7, 11) is 0. The molecule has 0 heterocycles. The molecule has 0 aromatic heterocycles. The van der Waals surface area contributed by atoms with E-state index in [-0.39, 0.29) is 6.04 Å². The Bertz CT molecular complexity index is 551. The quantitative estimate of drug-likeness (QED) is 0.842. The Labute approximate surface area is 127 Å². The van der Waals surface area contributed by atoms with Crippen molar-refractivity contribution in [3.63, 3.8) is 0 Å². The fraction of sp³-hybridized carbons (Fsp3) is 0.250. The summed E-state index contributed by atoms with van der Waals surface area (Å²) < 4.78 is 0.892. The lowest BCUT2D eigenvalue weighted by Crippen LogP contribution is -2.14. The minimum Gasteiger partial charge on any atom is -0.324 e. The Morgan fingerprint density at radius 3 is 2.37 bits per heavy atom. The number of halogens is 2. The zero-order chi connectivity index (χ0) is 13.8. The van der Waals surface area contributed by atoms with Crippen molar-refractivity contribution in [3.8, 4) is 0 Å². The molecule has 0 saturated carbocycles. The molecular formula is C16H17BrClN. The number of aryl methyl sites for hydroxylation is 1. The SMILES string of the molecule is CCc1ccc(CC(N)c2cccc(Br)c2Cl)cc1. The lowest BCUT2D eigenvalue weighted by molar-refractivity contribution is 0.721. The van der Waals surface area contributed by atoms with Crippen LogP contribution in [-0.4, -0.2) is 0 Å². The van der Waals surface area contributed by atoms with Gasteiger partial charge in [-0.25, -0.2) is 0 Å². The number of rotatable bonds is 4. The molecule has 0 aliphatic heterocycles. The summed E-state index contributed by atoms with van der Waals surface area (Å²) in [6.07, 6.45) is 1.85. The van der Waals surface area contributed by atoms with E-state index in [0.29, 0.717) is 5.02 Å². The lowest BCUT2D eigenvalue weighted by atomic mass is 9.98. The van der Waals surface area contributed by atoms with Crippen LogP contribution in [0.1, 0.15) is 29.7 Å². The first kappa shape index (κ1) is 14.6. The molecule has 19 heavy (non-hydrogen) atoms. The zero-order valence-electron chi connectivity index (χ0n) is 10.9. The lowest BCUT2D eigenvalue weighted by Gasteiger charge is -2.15. The van der Waals surface area contributed by atoms with Gasteiger partial charge >= 0.3 is 0 Å². The first-order chi connectivity index (χ1) is 9.11. The van der Waals surface area contributed by atoms with E-state index in [1.54, 1.807) is 0 Å². The maximum atomic E-state index is 6.28. The van der Waals surface area contributed by atoms with E-state index in [4.69, 9.17) is 17.3 Å². The number of nitrogens with two attached hydrogens (primary N) is 1. The van der Waals surface area contributed by atoms with Crippen molar-refractivity contribution in [3.05, 3.63) is 68.7 Å². The van der Waals surface area contributed by atoms with E-state index in [9.17, 15) is 0 Å². The highest BCUT2D eigenvalue weighted by Crippen LogP contribution is 2.30. The first-order valence-electron chi connectivity index (χ1n) is 6.39. The summed E-state index contributed by atoms with van der Waals surface area (Å²) in [5, 5.41) is 0.708. The Morgan fingerprint density at radius 1 is 1.11 bits per heavy atom. The molecule has 3 heteroatoms. The molecule has 0 spiro atoms. The largest absolute Gasteiger partial charge is 0.324 e. The van der Waals surface area contributed by atoms with E-state index in [0.717, 1.165) is 22.9 Å². The van der Waals surface area contributed by atoms with E-state index >= 15 is 0 Å². The Kier molecular flexibility index (Phi) is 5.03. The fourth-order valence-electron chi connectivity index (χ4n) is 2.08. The summed E-state index contributed by atoms with van der Waals surface area (Å²) in [5.74, 6) is 0. The Balaban J connectivity index is 2.15. The van der Waals surface area contributed by atoms with Crippen LogP contribution in [0, 0.1) is 0 Å². The molecule has 0 fully saturated rings. The fourth-order valence-corrected chi connectivity index (χ4v) is 2.73. The van der Waals surface area contributed by atoms with Crippen molar-refractivity contribution in [2.24, 2.45) is 5.73 Å². The molecule has 2 aromatic rings. The Hall–Kier alpha value is -0.830. The molecule has 0 saturated heterocycles. The van der Waals surface area contributed by atoms with Crippen LogP contribution in [-0.2, 0) is 12.8 Å². The third-order valence-corrected chi connectivity index (χ3v) is 4.58. The normalized spacial score (nSPS) is 12.4. The van der Waals surface area contributed by atoms with Crippen molar-refractivity contribution in [2.45, 2.75) is 25.8 Å². The van der Waals surface area contributed by atoms with Gasteiger partial charge in [0.1, 0.15) is 0 Å². The van der Waals surface area contributed by atoms with Crippen LogP contribution in [0.25, 0.3) is 0 Å². The molecule has 0 amide bonds. The molecule has 1 atom stereocenters. The standard InChI is InChI=1S/C16H17BrClN/c1-2-11-6-8-12(9-7-11)10-15(19)13-4-3-5-14(17)16(13)18/h3-9,15H,2,10,19H2,1H3. The highest BCUT2D eigenvalue weighted by molar-refractivity contribution is 9.10. The van der Waals surface area contributed by atoms with Gasteiger partial charge in [-0.05, 0) is 51.5 Å². The predicted molar refractivity (Wildman–Crippen MR) is 85.6 cm³/mol. The summed E-state index contributed by atoms with van der Waals surface area (Å²) in [6.45, 7) is 2.15. The van der Waals surface area contributed by atoms with Crippen molar-refractivity contribution < 1.29 is 0 Å². The Morgan fingerprint density at radius 2 is 1.74 bits per heavy atom. The van der Waals surface area contributed by atoms with Crippen molar-refractivity contribution in [1.29, 1.82) is 0 Å². The third kappa shape index (κ3) is 3.59. The van der Waals surface area contributed by atoms with E-state index in [1.807, 2.05) is 18.2 Å². The van der Waals surface area contributed by atoms with Gasteiger partial charge in [0.05, 0.1) is 5.02 Å². The van der Waals surface area contributed by atoms with Crippen LogP contribution in [0.4, 0.5) is 0 Å². The van der Waals surface area contributed by atoms with Crippen LogP contribution >= 0.6 is 27.5 Å². The van der Waals surface area contributed by atoms with E-state index in [2.05, 4.69) is 47.1 Å². The van der Waals surface area contributed by atoms with Crippen LogP contribution in [0.2, 0.25) is 5.02 Å². The topological polar surface area (TPSA) is 26.0 Å². The molecule has 1 unspecified atom stereocenters. The van der Waals surface area contributed by atoms with Gasteiger partial charge < -0.3 is 5.73 Å². The van der Waals surface area contributed by atoms with E-state index in [1.165, 1.54) is 11.1 Å². The van der Waals surface area contributed by atoms with Gasteiger partial charge in [0.2, 0.25) is 0 Å². The molecule has 100 valence electrons. The second-order valence-corrected chi connectivity index (χ2v) is 5.86. The third-order valence-electron chi connectivity index (χ3n) is 3.27. The molecule has 1 nitrogen and oxygen atoms in total. The van der Waals surface area contributed by atoms with Gasteiger partial charge in [-0.15, -0.1) is 0 Å².